The first-order valence-electron chi connectivity index (χ1n) is 13.3. The fourth-order valence-corrected chi connectivity index (χ4v) is 8.40. The maximum absolute atomic E-state index is 14.2. The van der Waals surface area contributed by atoms with Crippen molar-refractivity contribution in [3.63, 3.8) is 0 Å². The summed E-state index contributed by atoms with van der Waals surface area (Å²) in [7, 11) is 0. The van der Waals surface area contributed by atoms with Crippen molar-refractivity contribution < 1.29 is 19.5 Å². The van der Waals surface area contributed by atoms with Gasteiger partial charge >= 0.3 is 0 Å². The molecule has 1 aromatic carbocycles. The number of nitrogens with zero attached hydrogens (tertiary/aromatic N) is 3. The van der Waals surface area contributed by atoms with Gasteiger partial charge in [-0.3, -0.25) is 14.4 Å². The van der Waals surface area contributed by atoms with E-state index < -0.39 is 28.2 Å². The van der Waals surface area contributed by atoms with Crippen molar-refractivity contribution in [2.75, 3.05) is 31.1 Å². The molecule has 1 N–H and O–H groups in total. The van der Waals surface area contributed by atoms with E-state index in [-0.39, 0.29) is 29.6 Å². The number of rotatable bonds is 6. The second-order valence-corrected chi connectivity index (χ2v) is 12.9. The molecule has 37 heavy (non-hydrogen) atoms. The molecule has 198 valence electrons. The van der Waals surface area contributed by atoms with Crippen molar-refractivity contribution in [2.45, 2.75) is 61.6 Å². The Morgan fingerprint density at radius 2 is 1.73 bits per heavy atom. The minimum atomic E-state index is -0.791. The van der Waals surface area contributed by atoms with E-state index in [1.165, 1.54) is 0 Å². The zero-order chi connectivity index (χ0) is 26.4. The van der Waals surface area contributed by atoms with E-state index in [0.29, 0.717) is 32.5 Å². The van der Waals surface area contributed by atoms with Crippen molar-refractivity contribution in [2.24, 2.45) is 11.8 Å². The number of thioether (sulfide) groups is 1. The van der Waals surface area contributed by atoms with Gasteiger partial charge in [0.2, 0.25) is 17.7 Å². The molecule has 4 heterocycles. The third-order valence-corrected chi connectivity index (χ3v) is 9.84. The molecule has 8 heteroatoms. The normalized spacial score (nSPS) is 31.4. The second-order valence-electron chi connectivity index (χ2n) is 11.4. The van der Waals surface area contributed by atoms with Gasteiger partial charge in [0, 0.05) is 42.7 Å². The highest BCUT2D eigenvalue weighted by Crippen LogP contribution is 2.61. The standard InChI is InChI=1S/C29H37N3O4S/c1-28(2,3)32-18-11-15-29-23(26(35)31(24(29)27(32)36)16-8-5-9-19-33)22-21(37-29)14-10-17-30(25(22)34)20-12-6-4-7-13-20/h4,6-7,10-15,21-24,33H,5,8-9,16-19H2,1-3H3/t21-,22+,23+,24?,29+/m1/s1. The van der Waals surface area contributed by atoms with Crippen LogP contribution in [0.25, 0.3) is 0 Å². The number of likely N-dealkylation sites (tertiary alicyclic amines) is 1. The molecule has 0 aliphatic carbocycles. The molecular formula is C29H37N3O4S. The first-order chi connectivity index (χ1) is 17.7. The van der Waals surface area contributed by atoms with E-state index >= 15 is 0 Å². The Labute approximate surface area is 223 Å². The van der Waals surface area contributed by atoms with Crippen molar-refractivity contribution >= 4 is 35.2 Å². The van der Waals surface area contributed by atoms with Crippen LogP contribution in [-0.2, 0) is 14.4 Å². The molecule has 1 unspecified atom stereocenters. The third kappa shape index (κ3) is 4.32. The minimum Gasteiger partial charge on any atom is -0.396 e. The average molecular weight is 524 g/mol. The summed E-state index contributed by atoms with van der Waals surface area (Å²) in [6, 6.07) is 8.95. The van der Waals surface area contributed by atoms with Gasteiger partial charge in [-0.1, -0.05) is 42.5 Å². The van der Waals surface area contributed by atoms with Gasteiger partial charge in [0.05, 0.1) is 16.6 Å². The lowest BCUT2D eigenvalue weighted by molar-refractivity contribution is -0.145. The predicted molar refractivity (Wildman–Crippen MR) is 146 cm³/mol. The molecule has 4 aliphatic rings. The molecule has 1 aromatic rings. The average Bonchev–Trinajstić information content (AvgIpc) is 3.16. The zero-order valence-electron chi connectivity index (χ0n) is 21.9. The molecule has 0 radical (unpaired) electrons. The molecule has 5 rings (SSSR count). The predicted octanol–water partition coefficient (Wildman–Crippen LogP) is 3.25. The van der Waals surface area contributed by atoms with Crippen molar-refractivity contribution in [3.8, 4) is 0 Å². The molecule has 1 spiro atoms. The Balaban J connectivity index is 1.56. The number of fused-ring (bicyclic) bond motifs is 2. The van der Waals surface area contributed by atoms with E-state index in [1.54, 1.807) is 21.6 Å². The van der Waals surface area contributed by atoms with Crippen LogP contribution in [0, 0.1) is 11.8 Å². The fourth-order valence-electron chi connectivity index (χ4n) is 6.39. The quantitative estimate of drug-likeness (QED) is 0.457. The Morgan fingerprint density at radius 1 is 0.973 bits per heavy atom. The number of para-hydroxylation sites is 1. The number of unbranched alkanes of at least 4 members (excludes halogenated alkanes) is 2. The first kappa shape index (κ1) is 26.0. The van der Waals surface area contributed by atoms with Gasteiger partial charge in [-0.25, -0.2) is 0 Å². The maximum Gasteiger partial charge on any atom is 0.247 e. The van der Waals surface area contributed by atoms with Crippen LogP contribution < -0.4 is 4.90 Å². The lowest BCUT2D eigenvalue weighted by Gasteiger charge is -2.40. The minimum absolute atomic E-state index is 0.0455. The Hall–Kier alpha value is -2.58. The van der Waals surface area contributed by atoms with E-state index in [1.807, 2.05) is 68.2 Å². The molecule has 4 aliphatic heterocycles. The number of benzene rings is 1. The molecule has 0 bridgehead atoms. The van der Waals surface area contributed by atoms with Crippen molar-refractivity contribution in [1.82, 2.24) is 9.80 Å². The van der Waals surface area contributed by atoms with Gasteiger partial charge in [0.15, 0.2) is 0 Å². The fraction of sp³-hybridized carbons (Fsp3) is 0.552. The van der Waals surface area contributed by atoms with Crippen LogP contribution in [-0.4, -0.2) is 80.4 Å². The number of anilines is 1. The molecule has 2 saturated heterocycles. The number of hydrogen-bond acceptors (Lipinski definition) is 5. The summed E-state index contributed by atoms with van der Waals surface area (Å²) in [6.07, 6.45) is 10.4. The third-order valence-electron chi connectivity index (χ3n) is 8.09. The van der Waals surface area contributed by atoms with Crippen molar-refractivity contribution in [1.29, 1.82) is 0 Å². The molecule has 7 nitrogen and oxygen atoms in total. The van der Waals surface area contributed by atoms with E-state index in [9.17, 15) is 19.5 Å². The second kappa shape index (κ2) is 9.95. The topological polar surface area (TPSA) is 81.2 Å². The van der Waals surface area contributed by atoms with Crippen molar-refractivity contribution in [3.05, 3.63) is 54.6 Å². The van der Waals surface area contributed by atoms with Crippen LogP contribution in [0.5, 0.6) is 0 Å². The smallest absolute Gasteiger partial charge is 0.247 e. The lowest BCUT2D eigenvalue weighted by Crippen LogP contribution is -2.57. The van der Waals surface area contributed by atoms with Crippen LogP contribution in [0.3, 0.4) is 0 Å². The number of carbonyl (C=O) groups is 3. The summed E-state index contributed by atoms with van der Waals surface area (Å²) in [6.45, 7) is 7.56. The Kier molecular flexibility index (Phi) is 7.00. The van der Waals surface area contributed by atoms with Crippen LogP contribution in [0.1, 0.15) is 40.0 Å². The highest BCUT2D eigenvalue weighted by molar-refractivity contribution is 8.02. The summed E-state index contributed by atoms with van der Waals surface area (Å²) in [5.74, 6) is -1.34. The van der Waals surface area contributed by atoms with Crippen LogP contribution in [0.4, 0.5) is 5.69 Å². The molecule has 2 fully saturated rings. The molecule has 3 amide bonds. The highest BCUT2D eigenvalue weighted by atomic mass is 32.2. The van der Waals surface area contributed by atoms with Gasteiger partial charge in [0.25, 0.3) is 0 Å². The summed E-state index contributed by atoms with van der Waals surface area (Å²) >= 11 is 1.62. The molecule has 0 saturated carbocycles. The van der Waals surface area contributed by atoms with Crippen LogP contribution in [0.2, 0.25) is 0 Å². The number of hydrogen-bond donors (Lipinski definition) is 1. The highest BCUT2D eigenvalue weighted by Gasteiger charge is 2.71. The Morgan fingerprint density at radius 3 is 2.43 bits per heavy atom. The van der Waals surface area contributed by atoms with Crippen LogP contribution >= 0.6 is 11.8 Å². The number of carbonyl (C=O) groups excluding carboxylic acids is 3. The van der Waals surface area contributed by atoms with Gasteiger partial charge in [-0.2, -0.15) is 0 Å². The van der Waals surface area contributed by atoms with E-state index in [2.05, 4.69) is 12.2 Å². The van der Waals surface area contributed by atoms with Gasteiger partial charge in [0.1, 0.15) is 6.04 Å². The first-order valence-corrected chi connectivity index (χ1v) is 14.2. The summed E-state index contributed by atoms with van der Waals surface area (Å²) in [5.41, 5.74) is 0.419. The van der Waals surface area contributed by atoms with Crippen LogP contribution in [0.15, 0.2) is 54.6 Å². The molecule has 5 atom stereocenters. The number of amides is 3. The monoisotopic (exact) mass is 523 g/mol. The lowest BCUT2D eigenvalue weighted by atomic mass is 9.78. The number of aliphatic hydroxyl groups excluding tert-OH is 1. The molecular weight excluding hydrogens is 486 g/mol. The number of aliphatic hydroxyl groups is 1. The summed E-state index contributed by atoms with van der Waals surface area (Å²) in [5, 5.41) is 9.06. The SMILES string of the molecule is CC(C)(C)N1CC=C[C@]23S[C@@H]4C=CCN(c5ccccc5)C(=O)[C@@H]4[C@H]2C(=O)N(CCCCCO)C3C1=O. The largest absolute Gasteiger partial charge is 0.396 e. The zero-order valence-corrected chi connectivity index (χ0v) is 22.7. The van der Waals surface area contributed by atoms with Gasteiger partial charge in [-0.05, 0) is 52.2 Å². The van der Waals surface area contributed by atoms with Gasteiger partial charge in [-0.15, -0.1) is 11.8 Å². The van der Waals surface area contributed by atoms with E-state index in [4.69, 9.17) is 0 Å². The summed E-state index contributed by atoms with van der Waals surface area (Å²) in [4.78, 5) is 48.0. The van der Waals surface area contributed by atoms with Gasteiger partial charge < -0.3 is 19.8 Å². The Bertz CT molecular complexity index is 1110. The molecule has 0 aromatic heterocycles. The van der Waals surface area contributed by atoms with E-state index in [0.717, 1.165) is 12.1 Å². The maximum atomic E-state index is 14.2. The summed E-state index contributed by atoms with van der Waals surface area (Å²) < 4.78 is -0.791.